The maximum absolute atomic E-state index is 6.31. The maximum atomic E-state index is 6.31. The van der Waals surface area contributed by atoms with E-state index < -0.39 is 0 Å². The lowest BCUT2D eigenvalue weighted by molar-refractivity contribution is 0.0459. The molecule has 0 saturated carbocycles. The number of hydrogen-bond acceptors (Lipinski definition) is 3. The van der Waals surface area contributed by atoms with E-state index in [1.54, 1.807) is 0 Å². The summed E-state index contributed by atoms with van der Waals surface area (Å²) >= 11 is 6.31. The van der Waals surface area contributed by atoms with Gasteiger partial charge in [0.05, 0.1) is 6.10 Å². The highest BCUT2D eigenvalue weighted by Crippen LogP contribution is 2.26. The van der Waals surface area contributed by atoms with Gasteiger partial charge in [-0.3, -0.25) is 0 Å². The summed E-state index contributed by atoms with van der Waals surface area (Å²) in [7, 11) is 1.93. The van der Waals surface area contributed by atoms with E-state index in [0.717, 1.165) is 49.7 Å². The fourth-order valence-electron chi connectivity index (χ4n) is 2.58. The van der Waals surface area contributed by atoms with Gasteiger partial charge < -0.3 is 15.0 Å². The molecule has 1 fully saturated rings. The molecule has 0 amide bonds. The minimum absolute atomic E-state index is 0.431. The highest BCUT2D eigenvalue weighted by molar-refractivity contribution is 6.31. The van der Waals surface area contributed by atoms with E-state index in [1.807, 2.05) is 7.05 Å². The first-order chi connectivity index (χ1) is 9.24. The third-order valence-electron chi connectivity index (χ3n) is 3.61. The molecule has 1 aromatic carbocycles. The molecule has 1 saturated heterocycles. The van der Waals surface area contributed by atoms with Crippen LogP contribution in [0, 0.1) is 0 Å². The largest absolute Gasteiger partial charge is 0.378 e. The van der Waals surface area contributed by atoms with Gasteiger partial charge in [-0.15, -0.1) is 0 Å². The van der Waals surface area contributed by atoms with Crippen LogP contribution in [0.3, 0.4) is 0 Å². The first kappa shape index (κ1) is 14.6. The Hall–Kier alpha value is -0.770. The lowest BCUT2D eigenvalue weighted by atomic mass is 10.1. The van der Waals surface area contributed by atoms with Gasteiger partial charge in [-0.2, -0.15) is 0 Å². The Morgan fingerprint density at radius 1 is 1.37 bits per heavy atom. The normalized spacial score (nSPS) is 16.9. The van der Waals surface area contributed by atoms with Gasteiger partial charge >= 0.3 is 0 Å². The standard InChI is InChI=1S/C15H23ClN2O/c1-3-19-14-6-8-18(9-7-14)13-5-4-12(11-17-2)15(16)10-13/h4-5,10,14,17H,3,6-9,11H2,1-2H3. The Kier molecular flexibility index (Phi) is 5.49. The molecule has 1 aliphatic rings. The summed E-state index contributed by atoms with van der Waals surface area (Å²) in [6.45, 7) is 5.78. The number of hydrogen-bond donors (Lipinski definition) is 1. The number of rotatable bonds is 5. The zero-order chi connectivity index (χ0) is 13.7. The second-order valence-corrected chi connectivity index (χ2v) is 5.35. The van der Waals surface area contributed by atoms with E-state index in [1.165, 1.54) is 5.69 Å². The zero-order valence-corrected chi connectivity index (χ0v) is 12.5. The van der Waals surface area contributed by atoms with Crippen LogP contribution < -0.4 is 10.2 Å². The van der Waals surface area contributed by atoms with Gasteiger partial charge in [0, 0.05) is 37.0 Å². The molecule has 106 valence electrons. The summed E-state index contributed by atoms with van der Waals surface area (Å²) in [6.07, 6.45) is 2.63. The first-order valence-electron chi connectivity index (χ1n) is 7.04. The SMILES string of the molecule is CCOC1CCN(c2ccc(CNC)c(Cl)c2)CC1. The molecule has 1 aromatic rings. The number of piperidine rings is 1. The maximum Gasteiger partial charge on any atom is 0.0608 e. The summed E-state index contributed by atoms with van der Waals surface area (Å²) in [6, 6.07) is 6.36. The van der Waals surface area contributed by atoms with Crippen molar-refractivity contribution >= 4 is 17.3 Å². The van der Waals surface area contributed by atoms with Gasteiger partial charge in [-0.1, -0.05) is 17.7 Å². The molecule has 4 heteroatoms. The molecule has 0 radical (unpaired) electrons. The topological polar surface area (TPSA) is 24.5 Å². The van der Waals surface area contributed by atoms with E-state index in [4.69, 9.17) is 16.3 Å². The van der Waals surface area contributed by atoms with Crippen molar-refractivity contribution in [3.8, 4) is 0 Å². The molecular formula is C15H23ClN2O. The molecule has 0 unspecified atom stereocenters. The molecule has 2 rings (SSSR count). The van der Waals surface area contributed by atoms with E-state index >= 15 is 0 Å². The Bertz CT molecular complexity index is 403. The highest BCUT2D eigenvalue weighted by atomic mass is 35.5. The lowest BCUT2D eigenvalue weighted by Crippen LogP contribution is -2.37. The van der Waals surface area contributed by atoms with Crippen LogP contribution in [0.4, 0.5) is 5.69 Å². The van der Waals surface area contributed by atoms with Crippen molar-refractivity contribution in [2.75, 3.05) is 31.6 Å². The molecule has 1 heterocycles. The van der Waals surface area contributed by atoms with Crippen molar-refractivity contribution in [3.63, 3.8) is 0 Å². The van der Waals surface area contributed by atoms with E-state index in [-0.39, 0.29) is 0 Å². The van der Waals surface area contributed by atoms with Gasteiger partial charge in [-0.05, 0) is 44.5 Å². The number of nitrogens with zero attached hydrogens (tertiary/aromatic N) is 1. The van der Waals surface area contributed by atoms with Crippen molar-refractivity contribution in [2.24, 2.45) is 0 Å². The van der Waals surface area contributed by atoms with Crippen molar-refractivity contribution < 1.29 is 4.74 Å². The molecular weight excluding hydrogens is 260 g/mol. The van der Waals surface area contributed by atoms with Gasteiger partial charge in [0.15, 0.2) is 0 Å². The van der Waals surface area contributed by atoms with Gasteiger partial charge in [0.2, 0.25) is 0 Å². The molecule has 0 spiro atoms. The van der Waals surface area contributed by atoms with Crippen LogP contribution in [-0.2, 0) is 11.3 Å². The molecule has 19 heavy (non-hydrogen) atoms. The highest BCUT2D eigenvalue weighted by Gasteiger charge is 2.19. The molecule has 1 N–H and O–H groups in total. The van der Waals surface area contributed by atoms with E-state index in [9.17, 15) is 0 Å². The predicted molar refractivity (Wildman–Crippen MR) is 81.1 cm³/mol. The number of benzene rings is 1. The summed E-state index contributed by atoms with van der Waals surface area (Å²) < 4.78 is 5.68. The lowest BCUT2D eigenvalue weighted by Gasteiger charge is -2.33. The van der Waals surface area contributed by atoms with E-state index in [2.05, 4.69) is 35.3 Å². The minimum Gasteiger partial charge on any atom is -0.378 e. The number of nitrogens with one attached hydrogen (secondary N) is 1. The predicted octanol–water partition coefficient (Wildman–Crippen LogP) is 3.06. The summed E-state index contributed by atoms with van der Waals surface area (Å²) in [5, 5.41) is 3.98. The van der Waals surface area contributed by atoms with Crippen LogP contribution in [0.5, 0.6) is 0 Å². The summed E-state index contributed by atoms with van der Waals surface area (Å²) in [5.74, 6) is 0. The summed E-state index contributed by atoms with van der Waals surface area (Å²) in [4.78, 5) is 2.39. The minimum atomic E-state index is 0.431. The molecule has 0 bridgehead atoms. The Labute approximate surface area is 120 Å². The first-order valence-corrected chi connectivity index (χ1v) is 7.42. The second-order valence-electron chi connectivity index (χ2n) is 4.95. The average molecular weight is 283 g/mol. The van der Waals surface area contributed by atoms with Gasteiger partial charge in [0.25, 0.3) is 0 Å². The number of halogens is 1. The van der Waals surface area contributed by atoms with Crippen molar-refractivity contribution in [1.82, 2.24) is 5.32 Å². The molecule has 3 nitrogen and oxygen atoms in total. The van der Waals surface area contributed by atoms with Crippen LogP contribution in [0.25, 0.3) is 0 Å². The molecule has 0 atom stereocenters. The molecule has 0 aromatic heterocycles. The van der Waals surface area contributed by atoms with Crippen LogP contribution in [0.15, 0.2) is 18.2 Å². The van der Waals surface area contributed by atoms with E-state index in [0.29, 0.717) is 6.10 Å². The molecule has 1 aliphatic heterocycles. The average Bonchev–Trinajstić information content (AvgIpc) is 2.43. The smallest absolute Gasteiger partial charge is 0.0608 e. The van der Waals surface area contributed by atoms with Gasteiger partial charge in [-0.25, -0.2) is 0 Å². The van der Waals surface area contributed by atoms with Crippen molar-refractivity contribution in [2.45, 2.75) is 32.4 Å². The fourth-order valence-corrected chi connectivity index (χ4v) is 2.82. The quantitative estimate of drug-likeness (QED) is 0.898. The van der Waals surface area contributed by atoms with Crippen LogP contribution in [0.1, 0.15) is 25.3 Å². The summed E-state index contributed by atoms with van der Waals surface area (Å²) in [5.41, 5.74) is 2.37. The third-order valence-corrected chi connectivity index (χ3v) is 3.97. The third kappa shape index (κ3) is 3.85. The van der Waals surface area contributed by atoms with Crippen LogP contribution in [0.2, 0.25) is 5.02 Å². The zero-order valence-electron chi connectivity index (χ0n) is 11.8. The van der Waals surface area contributed by atoms with Gasteiger partial charge in [0.1, 0.15) is 0 Å². The van der Waals surface area contributed by atoms with Crippen LogP contribution >= 0.6 is 11.6 Å². The monoisotopic (exact) mass is 282 g/mol. The fraction of sp³-hybridized carbons (Fsp3) is 0.600. The molecule has 0 aliphatic carbocycles. The van der Waals surface area contributed by atoms with Crippen molar-refractivity contribution in [1.29, 1.82) is 0 Å². The Balaban J connectivity index is 1.97. The Morgan fingerprint density at radius 3 is 2.68 bits per heavy atom. The van der Waals surface area contributed by atoms with Crippen LogP contribution in [-0.4, -0.2) is 32.8 Å². The number of anilines is 1. The second kappa shape index (κ2) is 7.13. The van der Waals surface area contributed by atoms with Crippen molar-refractivity contribution in [3.05, 3.63) is 28.8 Å². The number of ether oxygens (including phenoxy) is 1. The Morgan fingerprint density at radius 2 is 2.11 bits per heavy atom.